The van der Waals surface area contributed by atoms with E-state index in [4.69, 9.17) is 9.15 Å². The van der Waals surface area contributed by atoms with Gasteiger partial charge in [-0.05, 0) is 36.5 Å². The van der Waals surface area contributed by atoms with E-state index < -0.39 is 0 Å². The van der Waals surface area contributed by atoms with Gasteiger partial charge in [-0.15, -0.1) is 11.3 Å². The second-order valence-corrected chi connectivity index (χ2v) is 7.19. The van der Waals surface area contributed by atoms with Gasteiger partial charge in [0.25, 0.3) is 0 Å². The van der Waals surface area contributed by atoms with Crippen molar-refractivity contribution >= 4 is 17.2 Å². The summed E-state index contributed by atoms with van der Waals surface area (Å²) >= 11 is 1.47. The van der Waals surface area contributed by atoms with E-state index in [1.807, 2.05) is 29.6 Å². The maximum atomic E-state index is 12.1. The molecule has 1 aliphatic rings. The quantitative estimate of drug-likeness (QED) is 0.658. The molecule has 4 rings (SSSR count). The molecule has 0 bridgehead atoms. The van der Waals surface area contributed by atoms with E-state index in [1.165, 1.54) is 24.2 Å². The number of amides is 1. The van der Waals surface area contributed by atoms with Crippen LogP contribution in [0, 0.1) is 5.92 Å². The molecule has 3 aromatic rings. The summed E-state index contributed by atoms with van der Waals surface area (Å²) in [5.74, 6) is 1.99. The monoisotopic (exact) mass is 369 g/mol. The number of carbonyl (C=O) groups is 1. The predicted octanol–water partition coefficient (Wildman–Crippen LogP) is 3.45. The normalized spacial score (nSPS) is 13.5. The van der Waals surface area contributed by atoms with Gasteiger partial charge < -0.3 is 14.5 Å². The van der Waals surface area contributed by atoms with Gasteiger partial charge in [-0.2, -0.15) is 0 Å². The maximum Gasteiger partial charge on any atom is 0.226 e. The van der Waals surface area contributed by atoms with E-state index >= 15 is 0 Å². The van der Waals surface area contributed by atoms with Gasteiger partial charge in [0.05, 0.1) is 25.0 Å². The maximum absolute atomic E-state index is 12.1. The third kappa shape index (κ3) is 4.49. The van der Waals surface area contributed by atoms with Gasteiger partial charge in [-0.25, -0.2) is 9.97 Å². The molecule has 0 saturated heterocycles. The van der Waals surface area contributed by atoms with Crippen molar-refractivity contribution in [3.8, 4) is 16.6 Å². The van der Waals surface area contributed by atoms with Crippen LogP contribution in [0.1, 0.15) is 24.1 Å². The van der Waals surface area contributed by atoms with Crippen molar-refractivity contribution in [3.05, 3.63) is 53.4 Å². The van der Waals surface area contributed by atoms with Crippen molar-refractivity contribution in [3.63, 3.8) is 0 Å². The van der Waals surface area contributed by atoms with E-state index in [2.05, 4.69) is 15.3 Å². The second kappa shape index (κ2) is 7.70. The minimum absolute atomic E-state index is 0.0737. The molecule has 0 aromatic carbocycles. The van der Waals surface area contributed by atoms with Gasteiger partial charge in [-0.3, -0.25) is 4.79 Å². The highest BCUT2D eigenvalue weighted by molar-refractivity contribution is 7.13. The molecular formula is C19H19N3O3S. The van der Waals surface area contributed by atoms with Crippen LogP contribution in [0.2, 0.25) is 0 Å². The van der Waals surface area contributed by atoms with E-state index in [-0.39, 0.29) is 12.3 Å². The molecule has 6 nitrogen and oxygen atoms in total. The number of furan rings is 1. The average Bonchev–Trinajstić information content (AvgIpc) is 3.12. The molecule has 1 saturated carbocycles. The number of hydrogen-bond acceptors (Lipinski definition) is 6. The molecule has 3 heterocycles. The van der Waals surface area contributed by atoms with Crippen LogP contribution in [-0.4, -0.2) is 22.5 Å². The van der Waals surface area contributed by atoms with Crippen molar-refractivity contribution in [2.45, 2.75) is 25.8 Å². The number of thiazole rings is 1. The van der Waals surface area contributed by atoms with Crippen molar-refractivity contribution in [1.82, 2.24) is 15.3 Å². The lowest BCUT2D eigenvalue weighted by Gasteiger charge is -2.06. The number of ether oxygens (including phenoxy) is 1. The summed E-state index contributed by atoms with van der Waals surface area (Å²) in [6.07, 6.45) is 6.10. The van der Waals surface area contributed by atoms with Gasteiger partial charge in [0, 0.05) is 24.2 Å². The fourth-order valence-electron chi connectivity index (χ4n) is 2.42. The minimum atomic E-state index is -0.0737. The molecule has 1 N–H and O–H groups in total. The minimum Gasteiger partial charge on any atom is -0.477 e. The number of pyridine rings is 1. The molecule has 26 heavy (non-hydrogen) atoms. The summed E-state index contributed by atoms with van der Waals surface area (Å²) in [4.78, 5) is 20.8. The number of rotatable bonds is 8. The standard InChI is InChI=1S/C19H19N3O3S/c23-17(8-15-12-26-19(22-15)16-2-1-7-24-16)20-9-14-5-6-18(21-10-14)25-11-13-3-4-13/h1-2,5-7,10,12-13H,3-4,8-9,11H2,(H,20,23). The van der Waals surface area contributed by atoms with Gasteiger partial charge in [0.2, 0.25) is 11.8 Å². The van der Waals surface area contributed by atoms with Crippen LogP contribution in [0.3, 0.4) is 0 Å². The fraction of sp³-hybridized carbons (Fsp3) is 0.316. The number of hydrogen-bond donors (Lipinski definition) is 1. The van der Waals surface area contributed by atoms with Crippen LogP contribution in [0.5, 0.6) is 5.88 Å². The molecular weight excluding hydrogens is 350 g/mol. The fourth-order valence-corrected chi connectivity index (χ4v) is 3.20. The van der Waals surface area contributed by atoms with Gasteiger partial charge in [-0.1, -0.05) is 6.07 Å². The average molecular weight is 369 g/mol. The highest BCUT2D eigenvalue weighted by Crippen LogP contribution is 2.29. The number of nitrogens with zero attached hydrogens (tertiary/aromatic N) is 2. The molecule has 0 atom stereocenters. The predicted molar refractivity (Wildman–Crippen MR) is 97.8 cm³/mol. The van der Waals surface area contributed by atoms with Crippen molar-refractivity contribution in [2.24, 2.45) is 5.92 Å². The molecule has 1 fully saturated rings. The first-order chi connectivity index (χ1) is 12.8. The zero-order valence-electron chi connectivity index (χ0n) is 14.2. The summed E-state index contributed by atoms with van der Waals surface area (Å²) in [5, 5.41) is 5.55. The van der Waals surface area contributed by atoms with Gasteiger partial charge in [0.15, 0.2) is 10.8 Å². The van der Waals surface area contributed by atoms with E-state index in [0.717, 1.165) is 28.6 Å². The zero-order valence-corrected chi connectivity index (χ0v) is 15.0. The molecule has 134 valence electrons. The molecule has 0 aliphatic heterocycles. The Hall–Kier alpha value is -2.67. The molecule has 1 aliphatic carbocycles. The summed E-state index contributed by atoms with van der Waals surface area (Å²) in [6.45, 7) is 1.18. The Bertz CT molecular complexity index is 855. The Morgan fingerprint density at radius 3 is 3.00 bits per heavy atom. The highest BCUT2D eigenvalue weighted by atomic mass is 32.1. The van der Waals surface area contributed by atoms with Gasteiger partial charge >= 0.3 is 0 Å². The van der Waals surface area contributed by atoms with Crippen LogP contribution in [-0.2, 0) is 17.8 Å². The van der Waals surface area contributed by atoms with Crippen LogP contribution in [0.4, 0.5) is 0 Å². The summed E-state index contributed by atoms with van der Waals surface area (Å²) in [7, 11) is 0. The summed E-state index contributed by atoms with van der Waals surface area (Å²) in [6, 6.07) is 7.44. The SMILES string of the molecule is O=C(Cc1csc(-c2ccco2)n1)NCc1ccc(OCC2CC2)nc1. The molecule has 1 amide bonds. The first-order valence-corrected chi connectivity index (χ1v) is 9.47. The topological polar surface area (TPSA) is 77.2 Å². The molecule has 0 radical (unpaired) electrons. The Morgan fingerprint density at radius 2 is 2.27 bits per heavy atom. The summed E-state index contributed by atoms with van der Waals surface area (Å²) < 4.78 is 10.9. The lowest BCUT2D eigenvalue weighted by molar-refractivity contribution is -0.120. The number of nitrogens with one attached hydrogen (secondary N) is 1. The molecule has 0 spiro atoms. The molecule has 3 aromatic heterocycles. The number of aromatic nitrogens is 2. The smallest absolute Gasteiger partial charge is 0.226 e. The van der Waals surface area contributed by atoms with E-state index in [1.54, 1.807) is 12.5 Å². The third-order valence-corrected chi connectivity index (χ3v) is 4.98. The molecule has 7 heteroatoms. The Balaban J connectivity index is 1.24. The first kappa shape index (κ1) is 16.8. The van der Waals surface area contributed by atoms with Crippen LogP contribution in [0.25, 0.3) is 10.8 Å². The van der Waals surface area contributed by atoms with Crippen molar-refractivity contribution < 1.29 is 13.9 Å². The lowest BCUT2D eigenvalue weighted by Crippen LogP contribution is -2.24. The Kier molecular flexibility index (Phi) is 4.97. The Labute approximate surface area is 155 Å². The first-order valence-electron chi connectivity index (χ1n) is 8.59. The zero-order chi connectivity index (χ0) is 17.8. The largest absolute Gasteiger partial charge is 0.477 e. The van der Waals surface area contributed by atoms with Crippen LogP contribution in [0.15, 0.2) is 46.5 Å². The van der Waals surface area contributed by atoms with Crippen LogP contribution < -0.4 is 10.1 Å². The molecule has 0 unspecified atom stereocenters. The van der Waals surface area contributed by atoms with Crippen molar-refractivity contribution in [1.29, 1.82) is 0 Å². The highest BCUT2D eigenvalue weighted by Gasteiger charge is 2.22. The lowest BCUT2D eigenvalue weighted by atomic mass is 10.2. The summed E-state index contributed by atoms with van der Waals surface area (Å²) in [5.41, 5.74) is 1.67. The number of carbonyl (C=O) groups excluding carboxylic acids is 1. The van der Waals surface area contributed by atoms with Gasteiger partial charge in [0.1, 0.15) is 0 Å². The third-order valence-electron chi connectivity index (χ3n) is 4.08. The Morgan fingerprint density at radius 1 is 1.35 bits per heavy atom. The second-order valence-electron chi connectivity index (χ2n) is 6.33. The van der Waals surface area contributed by atoms with Crippen LogP contribution >= 0.6 is 11.3 Å². The van der Waals surface area contributed by atoms with Crippen molar-refractivity contribution in [2.75, 3.05) is 6.61 Å². The van der Waals surface area contributed by atoms with E-state index in [9.17, 15) is 4.79 Å². The van der Waals surface area contributed by atoms with E-state index in [0.29, 0.717) is 18.3 Å².